The molecule has 0 aliphatic carbocycles. The Hall–Kier alpha value is -3.54. The predicted octanol–water partition coefficient (Wildman–Crippen LogP) is 5.02. The number of carboxylic acid groups (broad SMARTS) is 1. The van der Waals surface area contributed by atoms with E-state index in [0.29, 0.717) is 6.07 Å². The van der Waals surface area contributed by atoms with E-state index in [9.17, 15) is 26.7 Å². The van der Waals surface area contributed by atoms with Gasteiger partial charge in [0.1, 0.15) is 17.3 Å². The summed E-state index contributed by atoms with van der Waals surface area (Å²) in [6.45, 7) is 0. The minimum atomic E-state index is -4.63. The van der Waals surface area contributed by atoms with Crippen molar-refractivity contribution in [2.45, 2.75) is 19.0 Å². The number of nitrogens with zero attached hydrogens (tertiary/aromatic N) is 4. The van der Waals surface area contributed by atoms with E-state index >= 15 is 0 Å². The number of benzene rings is 1. The van der Waals surface area contributed by atoms with Gasteiger partial charge in [0.25, 0.3) is 5.89 Å². The summed E-state index contributed by atoms with van der Waals surface area (Å²) in [6, 6.07) is 2.63. The van der Waals surface area contributed by atoms with Gasteiger partial charge in [-0.15, -0.1) is 0 Å². The van der Waals surface area contributed by atoms with Crippen LogP contribution >= 0.6 is 11.6 Å². The topological polar surface area (TPSA) is 93.5 Å². The lowest BCUT2D eigenvalue weighted by atomic mass is 10.1. The van der Waals surface area contributed by atoms with Crippen LogP contribution in [0, 0.1) is 11.6 Å². The lowest BCUT2D eigenvalue weighted by Gasteiger charge is -2.07. The second-order valence-corrected chi connectivity index (χ2v) is 7.09. The van der Waals surface area contributed by atoms with Gasteiger partial charge in [-0.2, -0.15) is 18.2 Å². The number of aliphatic carboxylic acids is 1. The molecule has 0 amide bonds. The molecule has 1 N–H and O–H groups in total. The molecule has 166 valence electrons. The van der Waals surface area contributed by atoms with E-state index in [1.807, 2.05) is 0 Å². The lowest BCUT2D eigenvalue weighted by Crippen LogP contribution is -2.06. The summed E-state index contributed by atoms with van der Waals surface area (Å²) in [5.41, 5.74) is -1.57. The zero-order valence-electron chi connectivity index (χ0n) is 15.6. The number of halogens is 6. The first-order chi connectivity index (χ1) is 15.0. The second kappa shape index (κ2) is 7.86. The van der Waals surface area contributed by atoms with Crippen molar-refractivity contribution in [2.75, 3.05) is 0 Å². The third kappa shape index (κ3) is 4.13. The standard InChI is InChI=1S/C19H10ClF5N4O3/c20-10-5-9(19(23,24)25)6-29-7-13(26-17(10)29)18-27-16(28-32-18)15-11(21)3-8(4-12(15)22)1-2-14(30)31/h3-7H,1-2H2,(H,30,31). The Morgan fingerprint density at radius 1 is 1.12 bits per heavy atom. The number of hydrogen-bond donors (Lipinski definition) is 1. The molecule has 3 aromatic heterocycles. The van der Waals surface area contributed by atoms with Crippen molar-refractivity contribution in [3.05, 3.63) is 58.4 Å². The third-order valence-corrected chi connectivity index (χ3v) is 4.71. The maximum atomic E-state index is 14.5. The number of pyridine rings is 1. The van der Waals surface area contributed by atoms with Crippen LogP contribution in [0.5, 0.6) is 0 Å². The van der Waals surface area contributed by atoms with Crippen LogP contribution < -0.4 is 0 Å². The van der Waals surface area contributed by atoms with Gasteiger partial charge >= 0.3 is 12.1 Å². The van der Waals surface area contributed by atoms with E-state index in [1.54, 1.807) is 0 Å². The first-order valence-electron chi connectivity index (χ1n) is 8.82. The Bertz CT molecular complexity index is 1330. The summed E-state index contributed by atoms with van der Waals surface area (Å²) in [4.78, 5) is 18.5. The highest BCUT2D eigenvalue weighted by atomic mass is 35.5. The first-order valence-corrected chi connectivity index (χ1v) is 9.20. The van der Waals surface area contributed by atoms with E-state index in [-0.39, 0.29) is 40.7 Å². The van der Waals surface area contributed by atoms with Gasteiger partial charge in [0.2, 0.25) is 5.82 Å². The van der Waals surface area contributed by atoms with Crippen molar-refractivity contribution in [2.24, 2.45) is 0 Å². The second-order valence-electron chi connectivity index (χ2n) is 6.68. The molecule has 7 nitrogen and oxygen atoms in total. The molecule has 4 aromatic rings. The van der Waals surface area contributed by atoms with E-state index in [2.05, 4.69) is 15.1 Å². The van der Waals surface area contributed by atoms with Crippen molar-refractivity contribution >= 4 is 23.2 Å². The van der Waals surface area contributed by atoms with Gasteiger partial charge in [-0.1, -0.05) is 16.8 Å². The average molecular weight is 473 g/mol. The largest absolute Gasteiger partial charge is 0.481 e. The van der Waals surface area contributed by atoms with Crippen LogP contribution in [0.25, 0.3) is 28.6 Å². The molecule has 4 rings (SSSR count). The van der Waals surface area contributed by atoms with Crippen molar-refractivity contribution in [3.8, 4) is 23.0 Å². The molecule has 0 aliphatic heterocycles. The van der Waals surface area contributed by atoms with Gasteiger partial charge in [0.05, 0.1) is 16.1 Å². The molecule has 13 heteroatoms. The SMILES string of the molecule is O=C(O)CCc1cc(F)c(-c2noc(-c3cn4cc(C(F)(F)F)cc(Cl)c4n3)n2)c(F)c1. The fraction of sp³-hybridized carbons (Fsp3) is 0.158. The minimum Gasteiger partial charge on any atom is -0.481 e. The lowest BCUT2D eigenvalue weighted by molar-refractivity contribution is -0.138. The Morgan fingerprint density at radius 3 is 2.44 bits per heavy atom. The van der Waals surface area contributed by atoms with Crippen molar-refractivity contribution in [3.63, 3.8) is 0 Å². The van der Waals surface area contributed by atoms with Gasteiger partial charge in [-0.25, -0.2) is 13.8 Å². The van der Waals surface area contributed by atoms with Gasteiger partial charge in [-0.3, -0.25) is 4.79 Å². The summed E-state index contributed by atoms with van der Waals surface area (Å²) in [5.74, 6) is -3.95. The van der Waals surface area contributed by atoms with Crippen LogP contribution in [0.2, 0.25) is 5.02 Å². The molecule has 0 bridgehead atoms. The zero-order chi connectivity index (χ0) is 23.2. The Morgan fingerprint density at radius 2 is 1.81 bits per heavy atom. The molecule has 0 radical (unpaired) electrons. The summed E-state index contributed by atoms with van der Waals surface area (Å²) < 4.78 is 73.8. The van der Waals surface area contributed by atoms with Gasteiger partial charge < -0.3 is 14.0 Å². The van der Waals surface area contributed by atoms with Gasteiger partial charge in [0, 0.05) is 18.8 Å². The van der Waals surface area contributed by atoms with Crippen molar-refractivity contribution in [1.29, 1.82) is 0 Å². The van der Waals surface area contributed by atoms with E-state index < -0.39 is 40.7 Å². The molecular formula is C19H10ClF5N4O3. The number of carbonyl (C=O) groups is 1. The highest BCUT2D eigenvalue weighted by Gasteiger charge is 2.32. The van der Waals surface area contributed by atoms with Crippen LogP contribution in [0.15, 0.2) is 35.1 Å². The Labute approximate surface area is 180 Å². The summed E-state index contributed by atoms with van der Waals surface area (Å²) in [7, 11) is 0. The smallest absolute Gasteiger partial charge is 0.417 e. The Kier molecular flexibility index (Phi) is 5.33. The summed E-state index contributed by atoms with van der Waals surface area (Å²) >= 11 is 5.89. The van der Waals surface area contributed by atoms with Crippen LogP contribution in [0.4, 0.5) is 22.0 Å². The average Bonchev–Trinajstić information content (AvgIpc) is 3.32. The molecule has 0 saturated heterocycles. The van der Waals surface area contributed by atoms with Crippen LogP contribution in [0.3, 0.4) is 0 Å². The molecule has 1 aromatic carbocycles. The molecule has 3 heterocycles. The predicted molar refractivity (Wildman–Crippen MR) is 99.8 cm³/mol. The fourth-order valence-electron chi connectivity index (χ4n) is 2.98. The Balaban J connectivity index is 1.69. The highest BCUT2D eigenvalue weighted by Crippen LogP contribution is 2.33. The molecule has 32 heavy (non-hydrogen) atoms. The maximum absolute atomic E-state index is 14.5. The normalized spacial score (nSPS) is 11.9. The van der Waals surface area contributed by atoms with Crippen LogP contribution in [0.1, 0.15) is 17.5 Å². The quantitative estimate of drug-likeness (QED) is 0.410. The van der Waals surface area contributed by atoms with Crippen LogP contribution in [-0.2, 0) is 17.4 Å². The highest BCUT2D eigenvalue weighted by molar-refractivity contribution is 6.33. The number of aryl methyl sites for hydroxylation is 1. The molecule has 0 saturated carbocycles. The number of rotatable bonds is 5. The molecule has 0 fully saturated rings. The third-order valence-electron chi connectivity index (χ3n) is 4.43. The summed E-state index contributed by atoms with van der Waals surface area (Å²) in [6.07, 6.45) is -3.11. The van der Waals surface area contributed by atoms with Crippen LogP contribution in [-0.4, -0.2) is 30.6 Å². The van der Waals surface area contributed by atoms with E-state index in [4.69, 9.17) is 21.2 Å². The van der Waals surface area contributed by atoms with Crippen molar-refractivity contribution < 1.29 is 36.4 Å². The van der Waals surface area contributed by atoms with E-state index in [1.165, 1.54) is 0 Å². The molecule has 0 atom stereocenters. The fourth-order valence-corrected chi connectivity index (χ4v) is 3.24. The number of fused-ring (bicyclic) bond motifs is 1. The maximum Gasteiger partial charge on any atom is 0.417 e. The molecule has 0 unspecified atom stereocenters. The minimum absolute atomic E-state index is 0.0189. The number of aromatic nitrogens is 4. The van der Waals surface area contributed by atoms with E-state index in [0.717, 1.165) is 28.9 Å². The monoisotopic (exact) mass is 472 g/mol. The molecule has 0 spiro atoms. The van der Waals surface area contributed by atoms with Gasteiger partial charge in [-0.05, 0) is 30.2 Å². The first kappa shape index (κ1) is 21.7. The molecule has 0 aliphatic rings. The number of carboxylic acids is 1. The number of imidazole rings is 1. The zero-order valence-corrected chi connectivity index (χ0v) is 16.4. The van der Waals surface area contributed by atoms with Crippen molar-refractivity contribution in [1.82, 2.24) is 19.5 Å². The summed E-state index contributed by atoms with van der Waals surface area (Å²) in [5, 5.41) is 11.9. The van der Waals surface area contributed by atoms with Gasteiger partial charge in [0.15, 0.2) is 5.65 Å². The number of alkyl halides is 3. The number of hydrogen-bond acceptors (Lipinski definition) is 5. The molecular weight excluding hydrogens is 463 g/mol.